The summed E-state index contributed by atoms with van der Waals surface area (Å²) in [6, 6.07) is 8.58. The second-order valence-electron chi connectivity index (χ2n) is 7.48. The third-order valence-electron chi connectivity index (χ3n) is 5.55. The van der Waals surface area contributed by atoms with Crippen LogP contribution in [0.2, 0.25) is 0 Å². The Morgan fingerprint density at radius 3 is 2.89 bits per heavy atom. The molecular weight excluding hydrogens is 343 g/mol. The fourth-order valence-electron chi connectivity index (χ4n) is 4.00. The van der Waals surface area contributed by atoms with Crippen molar-refractivity contribution < 1.29 is 9.18 Å². The highest BCUT2D eigenvalue weighted by atomic mass is 19.1. The zero-order valence-electron chi connectivity index (χ0n) is 15.5. The van der Waals surface area contributed by atoms with Crippen LogP contribution in [0.25, 0.3) is 0 Å². The number of hydrogen-bond acceptors (Lipinski definition) is 4. The number of benzene rings is 1. The lowest BCUT2D eigenvalue weighted by molar-refractivity contribution is -0.125. The van der Waals surface area contributed by atoms with Crippen LogP contribution in [0, 0.1) is 11.7 Å². The molecule has 2 aromatic rings. The van der Waals surface area contributed by atoms with Crippen LogP contribution in [-0.4, -0.2) is 35.7 Å². The molecular formula is C21H25FN4O. The molecule has 4 rings (SSSR count). The van der Waals surface area contributed by atoms with Crippen LogP contribution in [0.5, 0.6) is 0 Å². The highest BCUT2D eigenvalue weighted by molar-refractivity contribution is 5.79. The summed E-state index contributed by atoms with van der Waals surface area (Å²) in [6.45, 7) is 2.18. The molecule has 0 saturated carbocycles. The van der Waals surface area contributed by atoms with Crippen molar-refractivity contribution in [3.05, 3.63) is 53.0 Å². The van der Waals surface area contributed by atoms with Crippen LogP contribution in [0.3, 0.4) is 0 Å². The molecule has 1 aromatic carbocycles. The average molecular weight is 368 g/mol. The zero-order valence-corrected chi connectivity index (χ0v) is 15.5. The summed E-state index contributed by atoms with van der Waals surface area (Å²) in [5.41, 5.74) is 3.46. The van der Waals surface area contributed by atoms with Crippen molar-refractivity contribution in [1.29, 1.82) is 0 Å². The number of aryl methyl sites for hydroxylation is 2. The molecule has 1 amide bonds. The number of amides is 1. The van der Waals surface area contributed by atoms with E-state index in [2.05, 4.69) is 26.5 Å². The Bertz CT molecular complexity index is 808. The molecule has 1 fully saturated rings. The van der Waals surface area contributed by atoms with E-state index in [1.165, 1.54) is 17.7 Å². The van der Waals surface area contributed by atoms with Crippen molar-refractivity contribution >= 4 is 11.7 Å². The van der Waals surface area contributed by atoms with E-state index in [4.69, 9.17) is 0 Å². The summed E-state index contributed by atoms with van der Waals surface area (Å²) in [4.78, 5) is 14.8. The lowest BCUT2D eigenvalue weighted by Gasteiger charge is -2.32. The maximum absolute atomic E-state index is 12.9. The number of carbonyl (C=O) groups excluding carboxylic acids is 1. The van der Waals surface area contributed by atoms with Gasteiger partial charge in [-0.25, -0.2) is 4.39 Å². The highest BCUT2D eigenvalue weighted by Gasteiger charge is 2.27. The second-order valence-corrected chi connectivity index (χ2v) is 7.48. The predicted octanol–water partition coefficient (Wildman–Crippen LogP) is 2.68. The van der Waals surface area contributed by atoms with Gasteiger partial charge in [-0.2, -0.15) is 5.10 Å². The largest absolute Gasteiger partial charge is 0.355 e. The molecule has 6 heteroatoms. The van der Waals surface area contributed by atoms with Gasteiger partial charge in [0, 0.05) is 19.6 Å². The first-order valence-electron chi connectivity index (χ1n) is 9.81. The predicted molar refractivity (Wildman–Crippen MR) is 102 cm³/mol. The summed E-state index contributed by atoms with van der Waals surface area (Å²) in [6.07, 6.45) is 5.86. The van der Waals surface area contributed by atoms with E-state index in [-0.39, 0.29) is 17.6 Å². The number of carbonyl (C=O) groups is 1. The highest BCUT2D eigenvalue weighted by Crippen LogP contribution is 2.26. The minimum absolute atomic E-state index is 0.0259. The minimum atomic E-state index is -0.236. The van der Waals surface area contributed by atoms with Gasteiger partial charge >= 0.3 is 0 Å². The van der Waals surface area contributed by atoms with Crippen molar-refractivity contribution in [2.24, 2.45) is 5.92 Å². The number of rotatable bonds is 5. The number of fused-ring (bicyclic) bond motifs is 1. The molecule has 142 valence electrons. The van der Waals surface area contributed by atoms with Crippen LogP contribution in [0.1, 0.15) is 36.1 Å². The Kier molecular flexibility index (Phi) is 5.32. The van der Waals surface area contributed by atoms with Crippen molar-refractivity contribution in [2.75, 3.05) is 24.5 Å². The minimum Gasteiger partial charge on any atom is -0.355 e. The van der Waals surface area contributed by atoms with E-state index in [9.17, 15) is 9.18 Å². The molecule has 1 aromatic heterocycles. The number of halogens is 1. The molecule has 2 aliphatic rings. The number of piperidine rings is 1. The van der Waals surface area contributed by atoms with Gasteiger partial charge in [0.15, 0.2) is 5.82 Å². The van der Waals surface area contributed by atoms with E-state index >= 15 is 0 Å². The third kappa shape index (κ3) is 4.26. The summed E-state index contributed by atoms with van der Waals surface area (Å²) >= 11 is 0. The number of nitrogens with zero attached hydrogens (tertiary/aromatic N) is 3. The van der Waals surface area contributed by atoms with Crippen molar-refractivity contribution in [1.82, 2.24) is 15.5 Å². The SMILES string of the molecule is O=C(NCCc1ccc(F)cc1)C1CCCN(c2cc3c(nn2)CCC3)C1. The first-order valence-corrected chi connectivity index (χ1v) is 9.81. The molecule has 1 atom stereocenters. The fraction of sp³-hybridized carbons (Fsp3) is 0.476. The summed E-state index contributed by atoms with van der Waals surface area (Å²) < 4.78 is 12.9. The molecule has 1 aliphatic carbocycles. The van der Waals surface area contributed by atoms with Gasteiger partial charge in [0.05, 0.1) is 11.6 Å². The molecule has 0 radical (unpaired) electrons. The van der Waals surface area contributed by atoms with Crippen molar-refractivity contribution in [2.45, 2.75) is 38.5 Å². The van der Waals surface area contributed by atoms with Crippen LogP contribution in [0.15, 0.2) is 30.3 Å². The Morgan fingerprint density at radius 1 is 1.19 bits per heavy atom. The Morgan fingerprint density at radius 2 is 2.04 bits per heavy atom. The van der Waals surface area contributed by atoms with Gasteiger partial charge < -0.3 is 10.2 Å². The topological polar surface area (TPSA) is 58.1 Å². The molecule has 0 bridgehead atoms. The molecule has 1 saturated heterocycles. The molecule has 1 aliphatic heterocycles. The molecule has 0 spiro atoms. The van der Waals surface area contributed by atoms with E-state index in [1.54, 1.807) is 12.1 Å². The molecule has 2 heterocycles. The van der Waals surface area contributed by atoms with Gasteiger partial charge in [0.2, 0.25) is 5.91 Å². The number of anilines is 1. The first-order chi connectivity index (χ1) is 13.2. The van der Waals surface area contributed by atoms with Gasteiger partial charge in [0.25, 0.3) is 0 Å². The smallest absolute Gasteiger partial charge is 0.224 e. The fourth-order valence-corrected chi connectivity index (χ4v) is 4.00. The molecule has 1 N–H and O–H groups in total. The quantitative estimate of drug-likeness (QED) is 0.882. The number of nitrogens with one attached hydrogen (secondary N) is 1. The lowest BCUT2D eigenvalue weighted by Crippen LogP contribution is -2.44. The standard InChI is InChI=1S/C21H25FN4O/c22-18-8-6-15(7-9-18)10-11-23-21(27)17-4-2-12-26(14-17)20-13-16-3-1-5-19(16)24-25-20/h6-9,13,17H,1-5,10-12,14H2,(H,23,27). The Labute approximate surface area is 159 Å². The first kappa shape index (κ1) is 17.9. The number of aromatic nitrogens is 2. The summed E-state index contributed by atoms with van der Waals surface area (Å²) in [7, 11) is 0. The van der Waals surface area contributed by atoms with Crippen LogP contribution in [0.4, 0.5) is 10.2 Å². The summed E-state index contributed by atoms with van der Waals surface area (Å²) in [5.74, 6) is 0.733. The van der Waals surface area contributed by atoms with Gasteiger partial charge in [-0.15, -0.1) is 5.10 Å². The maximum Gasteiger partial charge on any atom is 0.224 e. The molecule has 1 unspecified atom stereocenters. The zero-order chi connectivity index (χ0) is 18.6. The second kappa shape index (κ2) is 8.03. The summed E-state index contributed by atoms with van der Waals surface area (Å²) in [5, 5.41) is 11.8. The molecule has 27 heavy (non-hydrogen) atoms. The van der Waals surface area contributed by atoms with E-state index in [1.807, 2.05) is 0 Å². The maximum atomic E-state index is 12.9. The average Bonchev–Trinajstić information content (AvgIpc) is 3.17. The van der Waals surface area contributed by atoms with Gasteiger partial charge in [0.1, 0.15) is 5.82 Å². The normalized spacial score (nSPS) is 19.0. The van der Waals surface area contributed by atoms with Gasteiger partial charge in [-0.3, -0.25) is 4.79 Å². The van der Waals surface area contributed by atoms with Crippen LogP contribution in [-0.2, 0) is 24.1 Å². The Balaban J connectivity index is 1.31. The molecule has 5 nitrogen and oxygen atoms in total. The van der Waals surface area contributed by atoms with E-state index in [0.29, 0.717) is 19.5 Å². The third-order valence-corrected chi connectivity index (χ3v) is 5.55. The number of hydrogen-bond donors (Lipinski definition) is 1. The van der Waals surface area contributed by atoms with Gasteiger partial charge in [-0.05, 0) is 67.9 Å². The van der Waals surface area contributed by atoms with Crippen molar-refractivity contribution in [3.8, 4) is 0 Å². The van der Waals surface area contributed by atoms with Crippen LogP contribution < -0.4 is 10.2 Å². The van der Waals surface area contributed by atoms with Crippen molar-refractivity contribution in [3.63, 3.8) is 0 Å². The van der Waals surface area contributed by atoms with E-state index < -0.39 is 0 Å². The Hall–Kier alpha value is -2.50. The van der Waals surface area contributed by atoms with Gasteiger partial charge in [-0.1, -0.05) is 12.1 Å². The monoisotopic (exact) mass is 368 g/mol. The van der Waals surface area contributed by atoms with E-state index in [0.717, 1.165) is 55.7 Å². The van der Waals surface area contributed by atoms with Crippen LogP contribution >= 0.6 is 0 Å². The lowest BCUT2D eigenvalue weighted by atomic mass is 9.97.